The Morgan fingerprint density at radius 2 is 2.00 bits per heavy atom. The number of H-pyrrole nitrogens is 1. The van der Waals surface area contributed by atoms with Crippen molar-refractivity contribution >= 4 is 0 Å². The van der Waals surface area contributed by atoms with E-state index < -0.39 is 6.10 Å². The second kappa shape index (κ2) is 7.17. The quantitative estimate of drug-likeness (QED) is 0.654. The number of pyridine rings is 1. The molecule has 0 aliphatic carbocycles. The van der Waals surface area contributed by atoms with E-state index in [0.29, 0.717) is 13.1 Å². The van der Waals surface area contributed by atoms with Crippen LogP contribution in [-0.2, 0) is 6.54 Å². The summed E-state index contributed by atoms with van der Waals surface area (Å²) in [6, 6.07) is 11.8. The zero-order chi connectivity index (χ0) is 16.1. The SMILES string of the molecule is Cc1ccc(C(O)CNCc2cn[nH]c2-c2cccnc2)cc1. The molecule has 0 radical (unpaired) electrons. The molecular formula is C18H20N4O. The van der Waals surface area contributed by atoms with Crippen LogP contribution >= 0.6 is 0 Å². The summed E-state index contributed by atoms with van der Waals surface area (Å²) in [4.78, 5) is 4.13. The number of aliphatic hydroxyl groups is 1. The topological polar surface area (TPSA) is 73.8 Å². The smallest absolute Gasteiger partial charge is 0.0914 e. The highest BCUT2D eigenvalue weighted by Crippen LogP contribution is 2.20. The molecule has 1 aromatic carbocycles. The molecular weight excluding hydrogens is 288 g/mol. The minimum atomic E-state index is -0.524. The lowest BCUT2D eigenvalue weighted by molar-refractivity contribution is 0.174. The number of benzene rings is 1. The standard InChI is InChI=1S/C18H20N4O/c1-13-4-6-14(7-5-13)17(23)12-20-10-16-11-21-22-18(16)15-3-2-8-19-9-15/h2-9,11,17,20,23H,10,12H2,1H3,(H,21,22). The Hall–Kier alpha value is -2.50. The third-order valence-corrected chi connectivity index (χ3v) is 3.78. The highest BCUT2D eigenvalue weighted by atomic mass is 16.3. The second-order valence-electron chi connectivity index (χ2n) is 5.57. The first-order valence-electron chi connectivity index (χ1n) is 7.62. The molecule has 5 heteroatoms. The van der Waals surface area contributed by atoms with Crippen LogP contribution in [-0.4, -0.2) is 26.8 Å². The summed E-state index contributed by atoms with van der Waals surface area (Å²) in [6.07, 6.45) is 4.82. The van der Waals surface area contributed by atoms with Gasteiger partial charge < -0.3 is 10.4 Å². The van der Waals surface area contributed by atoms with E-state index >= 15 is 0 Å². The van der Waals surface area contributed by atoms with E-state index in [2.05, 4.69) is 20.5 Å². The summed E-state index contributed by atoms with van der Waals surface area (Å²) in [6.45, 7) is 3.15. The summed E-state index contributed by atoms with van der Waals surface area (Å²) < 4.78 is 0. The van der Waals surface area contributed by atoms with E-state index in [-0.39, 0.29) is 0 Å². The zero-order valence-electron chi connectivity index (χ0n) is 13.0. The van der Waals surface area contributed by atoms with Gasteiger partial charge >= 0.3 is 0 Å². The Balaban J connectivity index is 1.59. The highest BCUT2D eigenvalue weighted by Gasteiger charge is 2.10. The summed E-state index contributed by atoms with van der Waals surface area (Å²) >= 11 is 0. The third kappa shape index (κ3) is 3.83. The molecule has 0 aliphatic heterocycles. The monoisotopic (exact) mass is 308 g/mol. The molecule has 0 fully saturated rings. The molecule has 3 rings (SSSR count). The van der Waals surface area contributed by atoms with E-state index in [1.54, 1.807) is 18.6 Å². The molecule has 5 nitrogen and oxygen atoms in total. The molecule has 118 valence electrons. The van der Waals surface area contributed by atoms with Crippen LogP contribution in [0.25, 0.3) is 11.3 Å². The van der Waals surface area contributed by atoms with E-state index in [0.717, 1.165) is 22.4 Å². The lowest BCUT2D eigenvalue weighted by Crippen LogP contribution is -2.21. The molecule has 3 N–H and O–H groups in total. The Kier molecular flexibility index (Phi) is 4.80. The molecule has 0 saturated carbocycles. The Bertz CT molecular complexity index is 737. The molecule has 0 spiro atoms. The minimum Gasteiger partial charge on any atom is -0.387 e. The first kappa shape index (κ1) is 15.4. The largest absolute Gasteiger partial charge is 0.387 e. The van der Waals surface area contributed by atoms with Gasteiger partial charge in [0.25, 0.3) is 0 Å². The molecule has 0 bridgehead atoms. The fraction of sp³-hybridized carbons (Fsp3) is 0.222. The molecule has 23 heavy (non-hydrogen) atoms. The fourth-order valence-electron chi connectivity index (χ4n) is 2.46. The number of aromatic nitrogens is 3. The van der Waals surface area contributed by atoms with Crippen molar-refractivity contribution in [3.05, 3.63) is 71.7 Å². The molecule has 2 aromatic heterocycles. The van der Waals surface area contributed by atoms with Gasteiger partial charge in [-0.3, -0.25) is 10.1 Å². The maximum Gasteiger partial charge on any atom is 0.0914 e. The van der Waals surface area contributed by atoms with Gasteiger partial charge in [0.05, 0.1) is 18.0 Å². The van der Waals surface area contributed by atoms with Gasteiger partial charge in [0, 0.05) is 36.6 Å². The van der Waals surface area contributed by atoms with Crippen molar-refractivity contribution < 1.29 is 5.11 Å². The average Bonchev–Trinajstić information content (AvgIpc) is 3.05. The average molecular weight is 308 g/mol. The molecule has 0 aliphatic rings. The van der Waals surface area contributed by atoms with E-state index in [1.165, 1.54) is 5.56 Å². The molecule has 3 aromatic rings. The van der Waals surface area contributed by atoms with Crippen LogP contribution in [0.15, 0.2) is 55.0 Å². The Morgan fingerprint density at radius 1 is 1.17 bits per heavy atom. The number of rotatable bonds is 6. The molecule has 0 amide bonds. The summed E-state index contributed by atoms with van der Waals surface area (Å²) in [7, 11) is 0. The van der Waals surface area contributed by atoms with Crippen LogP contribution in [0.3, 0.4) is 0 Å². The number of nitrogens with zero attached hydrogens (tertiary/aromatic N) is 2. The number of hydrogen-bond acceptors (Lipinski definition) is 4. The third-order valence-electron chi connectivity index (χ3n) is 3.78. The van der Waals surface area contributed by atoms with Crippen LogP contribution in [0.1, 0.15) is 22.8 Å². The van der Waals surface area contributed by atoms with Gasteiger partial charge in [-0.05, 0) is 24.6 Å². The van der Waals surface area contributed by atoms with Gasteiger partial charge in [0.15, 0.2) is 0 Å². The molecule has 2 heterocycles. The van der Waals surface area contributed by atoms with E-state index in [4.69, 9.17) is 0 Å². The second-order valence-corrected chi connectivity index (χ2v) is 5.57. The summed E-state index contributed by atoms with van der Waals surface area (Å²) in [5.41, 5.74) is 5.11. The van der Waals surface area contributed by atoms with Crippen molar-refractivity contribution in [2.45, 2.75) is 19.6 Å². The van der Waals surface area contributed by atoms with Crippen molar-refractivity contribution in [1.29, 1.82) is 0 Å². The van der Waals surface area contributed by atoms with Gasteiger partial charge in [0.1, 0.15) is 0 Å². The predicted octanol–water partition coefficient (Wildman–Crippen LogP) is 2.60. The summed E-state index contributed by atoms with van der Waals surface area (Å²) in [5, 5.41) is 20.6. The molecule has 1 atom stereocenters. The maximum absolute atomic E-state index is 10.2. The number of aromatic amines is 1. The summed E-state index contributed by atoms with van der Waals surface area (Å²) in [5.74, 6) is 0. The van der Waals surface area contributed by atoms with E-state index in [9.17, 15) is 5.11 Å². The van der Waals surface area contributed by atoms with Crippen LogP contribution in [0.5, 0.6) is 0 Å². The zero-order valence-corrected chi connectivity index (χ0v) is 13.0. The lowest BCUT2D eigenvalue weighted by atomic mass is 10.1. The van der Waals surface area contributed by atoms with Gasteiger partial charge in [-0.15, -0.1) is 0 Å². The minimum absolute atomic E-state index is 0.487. The van der Waals surface area contributed by atoms with Crippen molar-refractivity contribution in [3.63, 3.8) is 0 Å². The van der Waals surface area contributed by atoms with Crippen molar-refractivity contribution in [2.24, 2.45) is 0 Å². The van der Waals surface area contributed by atoms with Crippen molar-refractivity contribution in [3.8, 4) is 11.3 Å². The fourth-order valence-corrected chi connectivity index (χ4v) is 2.46. The van der Waals surface area contributed by atoms with Gasteiger partial charge in [0.2, 0.25) is 0 Å². The first-order chi connectivity index (χ1) is 11.2. The van der Waals surface area contributed by atoms with Crippen molar-refractivity contribution in [2.75, 3.05) is 6.54 Å². The predicted molar refractivity (Wildman–Crippen MR) is 89.7 cm³/mol. The van der Waals surface area contributed by atoms with E-state index in [1.807, 2.05) is 43.3 Å². The molecule has 0 saturated heterocycles. The Labute approximate surface area is 135 Å². The number of hydrogen-bond donors (Lipinski definition) is 3. The first-order valence-corrected chi connectivity index (χ1v) is 7.62. The van der Waals surface area contributed by atoms with Crippen LogP contribution in [0, 0.1) is 6.92 Å². The van der Waals surface area contributed by atoms with Crippen LogP contribution < -0.4 is 5.32 Å². The van der Waals surface area contributed by atoms with Crippen LogP contribution in [0.2, 0.25) is 0 Å². The van der Waals surface area contributed by atoms with Gasteiger partial charge in [-0.25, -0.2) is 0 Å². The van der Waals surface area contributed by atoms with Crippen molar-refractivity contribution in [1.82, 2.24) is 20.5 Å². The van der Waals surface area contributed by atoms with Gasteiger partial charge in [-0.2, -0.15) is 5.10 Å². The maximum atomic E-state index is 10.2. The van der Waals surface area contributed by atoms with Crippen LogP contribution in [0.4, 0.5) is 0 Å². The number of aryl methyl sites for hydroxylation is 1. The number of aliphatic hydroxyl groups excluding tert-OH is 1. The normalized spacial score (nSPS) is 12.3. The van der Waals surface area contributed by atoms with Gasteiger partial charge in [-0.1, -0.05) is 29.8 Å². The number of nitrogens with one attached hydrogen (secondary N) is 2. The Morgan fingerprint density at radius 3 is 2.74 bits per heavy atom. The highest BCUT2D eigenvalue weighted by molar-refractivity contribution is 5.61. The lowest BCUT2D eigenvalue weighted by Gasteiger charge is -2.12. The molecule has 1 unspecified atom stereocenters.